The summed E-state index contributed by atoms with van der Waals surface area (Å²) in [5, 5.41) is 0. The Morgan fingerprint density at radius 2 is 1.81 bits per heavy atom. The Morgan fingerprint density at radius 1 is 1.14 bits per heavy atom. The van der Waals surface area contributed by atoms with Crippen LogP contribution in [0.15, 0.2) is 48.5 Å². The number of amides is 1. The average molecular weight is 286 g/mol. The van der Waals surface area contributed by atoms with Gasteiger partial charge in [0.15, 0.2) is 0 Å². The first-order valence-electron chi connectivity index (χ1n) is 6.60. The van der Waals surface area contributed by atoms with Gasteiger partial charge in [-0.2, -0.15) is 0 Å². The van der Waals surface area contributed by atoms with E-state index in [1.807, 2.05) is 0 Å². The summed E-state index contributed by atoms with van der Waals surface area (Å²) in [4.78, 5) is 13.6. The Morgan fingerprint density at radius 3 is 2.43 bits per heavy atom. The third-order valence-corrected chi connectivity index (χ3v) is 3.72. The first kappa shape index (κ1) is 13.6. The molecule has 2 atom stereocenters. The second kappa shape index (κ2) is 5.18. The molecular formula is C16H15FN2O2. The molecule has 1 aliphatic rings. The molecule has 0 aromatic heterocycles. The molecule has 5 heteroatoms. The summed E-state index contributed by atoms with van der Waals surface area (Å²) in [7, 11) is 1.57. The van der Waals surface area contributed by atoms with Crippen LogP contribution in [0.1, 0.15) is 11.6 Å². The fourth-order valence-electron chi connectivity index (χ4n) is 2.59. The zero-order chi connectivity index (χ0) is 15.0. The van der Waals surface area contributed by atoms with Crippen LogP contribution in [-0.4, -0.2) is 19.1 Å². The molecule has 1 saturated heterocycles. The van der Waals surface area contributed by atoms with E-state index < -0.39 is 12.1 Å². The summed E-state index contributed by atoms with van der Waals surface area (Å²) in [6, 6.07) is 12.2. The molecule has 1 fully saturated rings. The van der Waals surface area contributed by atoms with Gasteiger partial charge in [-0.15, -0.1) is 0 Å². The van der Waals surface area contributed by atoms with Gasteiger partial charge in [0, 0.05) is 11.3 Å². The number of carbonyl (C=O) groups is 1. The van der Waals surface area contributed by atoms with Crippen LogP contribution in [0.25, 0.3) is 0 Å². The van der Waals surface area contributed by atoms with Crippen LogP contribution in [0, 0.1) is 5.82 Å². The van der Waals surface area contributed by atoms with Crippen molar-refractivity contribution in [3.63, 3.8) is 0 Å². The van der Waals surface area contributed by atoms with Gasteiger partial charge in [-0.1, -0.05) is 18.2 Å². The van der Waals surface area contributed by atoms with E-state index in [4.69, 9.17) is 10.5 Å². The van der Waals surface area contributed by atoms with Gasteiger partial charge in [0.1, 0.15) is 17.6 Å². The maximum Gasteiger partial charge on any atom is 0.247 e. The molecule has 1 heterocycles. The minimum Gasteiger partial charge on any atom is -0.497 e. The summed E-state index contributed by atoms with van der Waals surface area (Å²) in [6.45, 7) is 0. The molecule has 21 heavy (non-hydrogen) atoms. The largest absolute Gasteiger partial charge is 0.497 e. The summed E-state index contributed by atoms with van der Waals surface area (Å²) < 4.78 is 19.0. The van der Waals surface area contributed by atoms with Crippen LogP contribution in [-0.2, 0) is 4.79 Å². The highest BCUT2D eigenvalue weighted by atomic mass is 19.1. The number of hydrogen-bond donors (Lipinski definition) is 1. The lowest BCUT2D eigenvalue weighted by Crippen LogP contribution is -2.63. The molecule has 0 aliphatic carbocycles. The molecule has 2 unspecified atom stereocenters. The van der Waals surface area contributed by atoms with Gasteiger partial charge in [0.25, 0.3) is 0 Å². The number of benzene rings is 2. The Balaban J connectivity index is 1.96. The summed E-state index contributed by atoms with van der Waals surface area (Å²) >= 11 is 0. The highest BCUT2D eigenvalue weighted by Gasteiger charge is 2.47. The van der Waals surface area contributed by atoms with Gasteiger partial charge in [0.05, 0.1) is 13.2 Å². The van der Waals surface area contributed by atoms with Crippen molar-refractivity contribution in [1.29, 1.82) is 0 Å². The van der Waals surface area contributed by atoms with E-state index in [1.54, 1.807) is 49.6 Å². The number of halogens is 1. The molecule has 3 rings (SSSR count). The summed E-state index contributed by atoms with van der Waals surface area (Å²) in [5.74, 6) is 0.121. The Bertz CT molecular complexity index is 672. The van der Waals surface area contributed by atoms with Crippen molar-refractivity contribution in [3.05, 3.63) is 59.9 Å². The van der Waals surface area contributed by atoms with Crippen molar-refractivity contribution in [2.45, 2.75) is 12.1 Å². The van der Waals surface area contributed by atoms with Gasteiger partial charge >= 0.3 is 0 Å². The van der Waals surface area contributed by atoms with E-state index in [9.17, 15) is 9.18 Å². The maximum atomic E-state index is 14.0. The fourth-order valence-corrected chi connectivity index (χ4v) is 2.59. The molecule has 0 radical (unpaired) electrons. The molecule has 1 aliphatic heterocycles. The summed E-state index contributed by atoms with van der Waals surface area (Å²) in [5.41, 5.74) is 6.98. The lowest BCUT2D eigenvalue weighted by molar-refractivity contribution is -0.126. The topological polar surface area (TPSA) is 55.6 Å². The SMILES string of the molecule is COc1ccc(N2C(=O)C(N)C2c2ccccc2F)cc1. The van der Waals surface area contributed by atoms with Crippen molar-refractivity contribution in [1.82, 2.24) is 0 Å². The monoisotopic (exact) mass is 286 g/mol. The Labute approximate surface area is 121 Å². The van der Waals surface area contributed by atoms with E-state index >= 15 is 0 Å². The minimum atomic E-state index is -0.719. The van der Waals surface area contributed by atoms with Crippen LogP contribution in [0.2, 0.25) is 0 Å². The van der Waals surface area contributed by atoms with E-state index in [0.29, 0.717) is 17.0 Å². The number of anilines is 1. The van der Waals surface area contributed by atoms with Gasteiger partial charge in [-0.3, -0.25) is 4.79 Å². The normalized spacial score (nSPS) is 21.1. The zero-order valence-corrected chi connectivity index (χ0v) is 11.5. The molecule has 2 aromatic rings. The molecule has 1 amide bonds. The first-order valence-corrected chi connectivity index (χ1v) is 6.60. The average Bonchev–Trinajstić information content (AvgIpc) is 2.53. The number of methoxy groups -OCH3 is 1. The van der Waals surface area contributed by atoms with E-state index in [1.165, 1.54) is 11.0 Å². The lowest BCUT2D eigenvalue weighted by atomic mass is 9.88. The highest BCUT2D eigenvalue weighted by molar-refractivity contribution is 6.05. The van der Waals surface area contributed by atoms with Crippen LogP contribution < -0.4 is 15.4 Å². The standard InChI is InChI=1S/C16H15FN2O2/c1-21-11-8-6-10(7-9-11)19-15(14(18)16(19)20)12-4-2-3-5-13(12)17/h2-9,14-15H,18H2,1H3. The summed E-state index contributed by atoms with van der Waals surface area (Å²) in [6.07, 6.45) is 0. The second-order valence-electron chi connectivity index (χ2n) is 4.90. The number of carbonyl (C=O) groups excluding carboxylic acids is 1. The van der Waals surface area contributed by atoms with Crippen molar-refractivity contribution in [2.75, 3.05) is 12.0 Å². The first-order chi connectivity index (χ1) is 10.1. The number of ether oxygens (including phenoxy) is 1. The quantitative estimate of drug-likeness (QED) is 0.880. The third-order valence-electron chi connectivity index (χ3n) is 3.72. The Hall–Kier alpha value is -2.40. The van der Waals surface area contributed by atoms with Crippen molar-refractivity contribution >= 4 is 11.6 Å². The molecule has 0 saturated carbocycles. The lowest BCUT2D eigenvalue weighted by Gasteiger charge is -2.45. The second-order valence-corrected chi connectivity index (χ2v) is 4.90. The number of hydrogen-bond acceptors (Lipinski definition) is 3. The van der Waals surface area contributed by atoms with E-state index in [0.717, 1.165) is 0 Å². The highest BCUT2D eigenvalue weighted by Crippen LogP contribution is 2.39. The third kappa shape index (κ3) is 2.15. The minimum absolute atomic E-state index is 0.214. The van der Waals surface area contributed by atoms with Crippen molar-refractivity contribution < 1.29 is 13.9 Å². The smallest absolute Gasteiger partial charge is 0.247 e. The van der Waals surface area contributed by atoms with Crippen molar-refractivity contribution in [2.24, 2.45) is 5.73 Å². The number of rotatable bonds is 3. The van der Waals surface area contributed by atoms with Crippen LogP contribution in [0.5, 0.6) is 5.75 Å². The van der Waals surface area contributed by atoms with Crippen LogP contribution in [0.4, 0.5) is 10.1 Å². The molecule has 0 bridgehead atoms. The fraction of sp³-hybridized carbons (Fsp3) is 0.188. The molecule has 2 N–H and O–H groups in total. The van der Waals surface area contributed by atoms with Crippen molar-refractivity contribution in [3.8, 4) is 5.75 Å². The predicted molar refractivity (Wildman–Crippen MR) is 77.6 cm³/mol. The molecule has 0 spiro atoms. The predicted octanol–water partition coefficient (Wildman–Crippen LogP) is 2.25. The number of β-lactam (4-membered cyclic amide) rings is 1. The molecule has 4 nitrogen and oxygen atoms in total. The van der Waals surface area contributed by atoms with E-state index in [-0.39, 0.29) is 11.7 Å². The molecule has 108 valence electrons. The number of nitrogens with two attached hydrogens (primary N) is 1. The van der Waals surface area contributed by atoms with Gasteiger partial charge in [0.2, 0.25) is 5.91 Å². The molecule has 2 aromatic carbocycles. The maximum absolute atomic E-state index is 14.0. The molecular weight excluding hydrogens is 271 g/mol. The zero-order valence-electron chi connectivity index (χ0n) is 11.5. The van der Waals surface area contributed by atoms with E-state index in [2.05, 4.69) is 0 Å². The van der Waals surface area contributed by atoms with Gasteiger partial charge in [-0.05, 0) is 30.3 Å². The van der Waals surface area contributed by atoms with Gasteiger partial charge in [-0.25, -0.2) is 4.39 Å². The number of nitrogens with zero attached hydrogens (tertiary/aromatic N) is 1. The van der Waals surface area contributed by atoms with Gasteiger partial charge < -0.3 is 15.4 Å². The van der Waals surface area contributed by atoms with Crippen LogP contribution >= 0.6 is 0 Å². The van der Waals surface area contributed by atoms with Crippen LogP contribution in [0.3, 0.4) is 0 Å². The Kier molecular flexibility index (Phi) is 3.35.